The van der Waals surface area contributed by atoms with E-state index in [0.717, 1.165) is 18.4 Å². The van der Waals surface area contributed by atoms with Crippen LogP contribution in [0.1, 0.15) is 48.9 Å². The van der Waals surface area contributed by atoms with Crippen molar-refractivity contribution in [1.82, 2.24) is 10.2 Å². The first-order valence-electron chi connectivity index (χ1n) is 8.38. The zero-order valence-corrected chi connectivity index (χ0v) is 14.6. The maximum Gasteiger partial charge on any atom is 0.317 e. The van der Waals surface area contributed by atoms with E-state index in [1.807, 2.05) is 6.92 Å². The molecule has 1 aliphatic rings. The first-order chi connectivity index (χ1) is 11.3. The topological polar surface area (TPSA) is 75.4 Å². The largest absolute Gasteiger partial charge is 0.370 e. The lowest BCUT2D eigenvalue weighted by Gasteiger charge is -2.33. The summed E-state index contributed by atoms with van der Waals surface area (Å²) in [6, 6.07) is 3.15. The first-order valence-corrected chi connectivity index (χ1v) is 8.38. The molecule has 6 heteroatoms. The highest BCUT2D eigenvalue weighted by atomic mass is 19.1. The van der Waals surface area contributed by atoms with E-state index in [0.29, 0.717) is 30.6 Å². The molecule has 0 aliphatic carbocycles. The van der Waals surface area contributed by atoms with Crippen LogP contribution in [0.4, 0.5) is 9.18 Å². The van der Waals surface area contributed by atoms with Gasteiger partial charge in [0.2, 0.25) is 5.91 Å². The van der Waals surface area contributed by atoms with Gasteiger partial charge >= 0.3 is 6.03 Å². The Morgan fingerprint density at radius 1 is 1.38 bits per heavy atom. The van der Waals surface area contributed by atoms with Gasteiger partial charge in [-0.15, -0.1) is 0 Å². The van der Waals surface area contributed by atoms with Crippen molar-refractivity contribution in [3.63, 3.8) is 0 Å². The summed E-state index contributed by atoms with van der Waals surface area (Å²) in [6.07, 6.45) is 2.10. The molecule has 0 aromatic heterocycles. The van der Waals surface area contributed by atoms with Gasteiger partial charge in [0.1, 0.15) is 5.82 Å². The number of benzene rings is 1. The van der Waals surface area contributed by atoms with Crippen LogP contribution in [-0.4, -0.2) is 29.9 Å². The lowest BCUT2D eigenvalue weighted by molar-refractivity contribution is -0.119. The fourth-order valence-corrected chi connectivity index (χ4v) is 3.29. The summed E-state index contributed by atoms with van der Waals surface area (Å²) in [5.41, 5.74) is 7.28. The maximum absolute atomic E-state index is 13.7. The van der Waals surface area contributed by atoms with Crippen molar-refractivity contribution in [3.8, 4) is 0 Å². The summed E-state index contributed by atoms with van der Waals surface area (Å²) < 4.78 is 13.7. The van der Waals surface area contributed by atoms with E-state index >= 15 is 0 Å². The molecule has 2 rings (SSSR count). The number of urea groups is 1. The van der Waals surface area contributed by atoms with Crippen molar-refractivity contribution < 1.29 is 14.0 Å². The second-order valence-electron chi connectivity index (χ2n) is 6.76. The number of likely N-dealkylation sites (tertiary alicyclic amines) is 1. The molecule has 3 amide bonds. The molecule has 0 unspecified atom stereocenters. The fraction of sp³-hybridized carbons (Fsp3) is 0.556. The van der Waals surface area contributed by atoms with Crippen LogP contribution in [0.15, 0.2) is 12.1 Å². The molecule has 1 aromatic carbocycles. The number of primary amides is 1. The third-order valence-corrected chi connectivity index (χ3v) is 4.59. The molecule has 0 bridgehead atoms. The highest BCUT2D eigenvalue weighted by molar-refractivity contribution is 5.76. The Morgan fingerprint density at radius 2 is 2.00 bits per heavy atom. The molecule has 3 N–H and O–H groups in total. The minimum Gasteiger partial charge on any atom is -0.370 e. The number of carbonyl (C=O) groups excluding carboxylic acids is 2. The summed E-state index contributed by atoms with van der Waals surface area (Å²) in [4.78, 5) is 25.3. The van der Waals surface area contributed by atoms with Crippen molar-refractivity contribution in [2.24, 2.45) is 11.7 Å². The predicted molar refractivity (Wildman–Crippen MR) is 90.9 cm³/mol. The molecule has 1 heterocycles. The van der Waals surface area contributed by atoms with Crippen LogP contribution in [0.5, 0.6) is 0 Å². The van der Waals surface area contributed by atoms with Crippen LogP contribution in [0.25, 0.3) is 0 Å². The number of hydrogen-bond donors (Lipinski definition) is 2. The highest BCUT2D eigenvalue weighted by Crippen LogP contribution is 2.22. The molecule has 1 saturated heterocycles. The van der Waals surface area contributed by atoms with Gasteiger partial charge in [0, 0.05) is 19.5 Å². The van der Waals surface area contributed by atoms with Gasteiger partial charge in [-0.05, 0) is 56.2 Å². The Labute approximate surface area is 142 Å². The van der Waals surface area contributed by atoms with Gasteiger partial charge in [-0.1, -0.05) is 12.1 Å². The van der Waals surface area contributed by atoms with Crippen molar-refractivity contribution in [1.29, 1.82) is 0 Å². The summed E-state index contributed by atoms with van der Waals surface area (Å²) >= 11 is 0. The number of nitrogens with one attached hydrogen (secondary N) is 1. The second kappa shape index (κ2) is 7.64. The molecule has 2 atom stereocenters. The average molecular weight is 335 g/mol. The van der Waals surface area contributed by atoms with Crippen LogP contribution in [0.3, 0.4) is 0 Å². The van der Waals surface area contributed by atoms with E-state index in [2.05, 4.69) is 5.32 Å². The SMILES string of the molecule is Cc1cc([C@@H](C)NC(=O)N2CCC[C@@H](CC(N)=O)C2)cc(C)c1F. The quantitative estimate of drug-likeness (QED) is 0.888. The van der Waals surface area contributed by atoms with Crippen LogP contribution < -0.4 is 11.1 Å². The molecule has 24 heavy (non-hydrogen) atoms. The number of halogens is 1. The zero-order chi connectivity index (χ0) is 17.9. The van der Waals surface area contributed by atoms with Crippen molar-refractivity contribution in [3.05, 3.63) is 34.6 Å². The fourth-order valence-electron chi connectivity index (χ4n) is 3.29. The van der Waals surface area contributed by atoms with Gasteiger partial charge in [-0.25, -0.2) is 9.18 Å². The molecular weight excluding hydrogens is 309 g/mol. The van der Waals surface area contributed by atoms with E-state index in [9.17, 15) is 14.0 Å². The minimum absolute atomic E-state index is 0.132. The Bertz CT molecular complexity index is 610. The highest BCUT2D eigenvalue weighted by Gasteiger charge is 2.25. The minimum atomic E-state index is -0.326. The summed E-state index contributed by atoms with van der Waals surface area (Å²) in [5.74, 6) is -0.400. The summed E-state index contributed by atoms with van der Waals surface area (Å²) in [7, 11) is 0. The van der Waals surface area contributed by atoms with Crippen LogP contribution in [-0.2, 0) is 4.79 Å². The molecule has 0 saturated carbocycles. The Hall–Kier alpha value is -2.11. The van der Waals surface area contributed by atoms with E-state index < -0.39 is 0 Å². The smallest absolute Gasteiger partial charge is 0.317 e. The monoisotopic (exact) mass is 335 g/mol. The number of aryl methyl sites for hydroxylation is 2. The van der Waals surface area contributed by atoms with E-state index in [-0.39, 0.29) is 29.7 Å². The Balaban J connectivity index is 1.99. The molecule has 132 valence electrons. The average Bonchev–Trinajstić information content (AvgIpc) is 2.51. The van der Waals surface area contributed by atoms with Gasteiger partial charge in [0.25, 0.3) is 0 Å². The number of carbonyl (C=O) groups is 2. The van der Waals surface area contributed by atoms with Crippen molar-refractivity contribution in [2.75, 3.05) is 13.1 Å². The standard InChI is InChI=1S/C18H26FN3O2/c1-11-7-15(8-12(2)17(11)19)13(3)21-18(24)22-6-4-5-14(10-22)9-16(20)23/h7-8,13-14H,4-6,9-10H2,1-3H3,(H2,20,23)(H,21,24)/t13-,14+/m1/s1. The molecular formula is C18H26FN3O2. The van der Waals surface area contributed by atoms with Crippen LogP contribution in [0.2, 0.25) is 0 Å². The lowest BCUT2D eigenvalue weighted by atomic mass is 9.95. The third kappa shape index (κ3) is 4.46. The van der Waals surface area contributed by atoms with Gasteiger partial charge in [-0.2, -0.15) is 0 Å². The molecule has 0 radical (unpaired) electrons. The number of rotatable bonds is 4. The molecule has 5 nitrogen and oxygen atoms in total. The predicted octanol–water partition coefficient (Wildman–Crippen LogP) is 2.80. The van der Waals surface area contributed by atoms with E-state index in [1.54, 1.807) is 30.9 Å². The summed E-state index contributed by atoms with van der Waals surface area (Å²) in [6.45, 7) is 6.55. The maximum atomic E-state index is 13.7. The second-order valence-corrected chi connectivity index (χ2v) is 6.76. The van der Waals surface area contributed by atoms with Gasteiger partial charge in [-0.3, -0.25) is 4.79 Å². The number of piperidine rings is 1. The van der Waals surface area contributed by atoms with Crippen LogP contribution >= 0.6 is 0 Å². The van der Waals surface area contributed by atoms with Gasteiger partial charge in [0.15, 0.2) is 0 Å². The number of amides is 3. The molecule has 1 fully saturated rings. The Kier molecular flexibility index (Phi) is 5.80. The molecule has 1 aromatic rings. The first kappa shape index (κ1) is 18.2. The zero-order valence-electron chi connectivity index (χ0n) is 14.6. The third-order valence-electron chi connectivity index (χ3n) is 4.59. The number of hydrogen-bond acceptors (Lipinski definition) is 2. The molecule has 1 aliphatic heterocycles. The lowest BCUT2D eigenvalue weighted by Crippen LogP contribution is -2.46. The van der Waals surface area contributed by atoms with Crippen LogP contribution in [0, 0.1) is 25.6 Å². The van der Waals surface area contributed by atoms with Crippen molar-refractivity contribution >= 4 is 11.9 Å². The number of nitrogens with zero attached hydrogens (tertiary/aromatic N) is 1. The van der Waals surface area contributed by atoms with E-state index in [1.165, 1.54) is 0 Å². The number of nitrogens with two attached hydrogens (primary N) is 1. The normalized spacial score (nSPS) is 19.0. The van der Waals surface area contributed by atoms with Gasteiger partial charge in [0.05, 0.1) is 6.04 Å². The van der Waals surface area contributed by atoms with Crippen molar-refractivity contribution in [2.45, 2.75) is 46.1 Å². The van der Waals surface area contributed by atoms with E-state index in [4.69, 9.17) is 5.73 Å². The molecule has 0 spiro atoms. The summed E-state index contributed by atoms with van der Waals surface area (Å²) in [5, 5.41) is 2.96. The van der Waals surface area contributed by atoms with Gasteiger partial charge < -0.3 is 16.0 Å². The Morgan fingerprint density at radius 3 is 2.58 bits per heavy atom.